The number of imidazole rings is 1. The molecule has 1 fully saturated rings. The zero-order chi connectivity index (χ0) is 44.6. The lowest BCUT2D eigenvalue weighted by atomic mass is 9.89. The number of anilines is 2. The van der Waals surface area contributed by atoms with Crippen molar-refractivity contribution in [3.05, 3.63) is 155 Å². The minimum Gasteiger partial charge on any atom is -0.406 e. The summed E-state index contributed by atoms with van der Waals surface area (Å²) in [4.78, 5) is 28.3. The van der Waals surface area contributed by atoms with Crippen LogP contribution >= 0.6 is 11.6 Å². The summed E-state index contributed by atoms with van der Waals surface area (Å²) in [5.74, 6) is 0.369. The SMILES string of the molecule is CCc1nc2ccc(Cl)cn2c1C(=O)NCc1ccc(N2CCC(c3ccc(OC(F)(F)F)cc3)CC2)cc1.FC(F)(F)Oc1cccc(CCNc2ncnc3ccccc23)c1. The van der Waals surface area contributed by atoms with Crippen LogP contribution in [0.4, 0.5) is 37.8 Å². The number of alkyl halides is 6. The van der Waals surface area contributed by atoms with Crippen LogP contribution in [0.15, 0.2) is 122 Å². The van der Waals surface area contributed by atoms with Crippen molar-refractivity contribution in [3.8, 4) is 11.5 Å². The Bertz CT molecular complexity index is 2630. The standard InChI is InChI=1S/C29H28ClF3N4O2.C17H14F3N3O/c1-2-25-27(37-18-22(30)7-12-26(37)35-25)28(38)34-17-19-3-8-23(9-4-19)36-15-13-21(14-16-36)20-5-10-24(11-6-20)39-29(31,32)33;18-17(19,20)24-13-5-3-4-12(10-13)8-9-21-16-14-6-1-2-7-15(14)22-11-23-16/h3-12,18,21H,2,13-17H2,1H3,(H,34,38);1-7,10-11H,8-9H2,(H,21,22,23). The van der Waals surface area contributed by atoms with Gasteiger partial charge in [0.1, 0.15) is 35.0 Å². The van der Waals surface area contributed by atoms with E-state index in [1.807, 2.05) is 43.3 Å². The van der Waals surface area contributed by atoms with E-state index in [1.165, 1.54) is 36.7 Å². The first-order chi connectivity index (χ1) is 30.2. The number of fused-ring (bicyclic) bond motifs is 2. The van der Waals surface area contributed by atoms with Crippen LogP contribution in [0, 0.1) is 0 Å². The Hall–Kier alpha value is -6.55. The Morgan fingerprint density at radius 1 is 0.810 bits per heavy atom. The number of pyridine rings is 1. The van der Waals surface area contributed by atoms with Crippen LogP contribution in [0.3, 0.4) is 0 Å². The van der Waals surface area contributed by atoms with Crippen LogP contribution in [0.2, 0.25) is 5.02 Å². The maximum absolute atomic E-state index is 13.0. The number of carbonyl (C=O) groups excluding carboxylic acids is 1. The number of rotatable bonds is 12. The molecule has 0 aliphatic carbocycles. The lowest BCUT2D eigenvalue weighted by Gasteiger charge is -2.34. The predicted molar refractivity (Wildman–Crippen MR) is 229 cm³/mol. The smallest absolute Gasteiger partial charge is 0.406 e. The Labute approximate surface area is 363 Å². The molecule has 1 aliphatic rings. The summed E-state index contributed by atoms with van der Waals surface area (Å²) < 4.78 is 83.6. The number of aryl methyl sites for hydroxylation is 1. The monoisotopic (exact) mass is 889 g/mol. The third-order valence-corrected chi connectivity index (χ3v) is 10.6. The van der Waals surface area contributed by atoms with Gasteiger partial charge < -0.3 is 25.0 Å². The quantitative estimate of drug-likeness (QED) is 0.117. The van der Waals surface area contributed by atoms with Crippen molar-refractivity contribution in [2.45, 2.75) is 57.8 Å². The molecule has 4 heterocycles. The highest BCUT2D eigenvalue weighted by atomic mass is 35.5. The largest absolute Gasteiger partial charge is 0.573 e. The number of benzene rings is 4. The summed E-state index contributed by atoms with van der Waals surface area (Å²) in [5, 5.41) is 7.62. The Morgan fingerprint density at radius 3 is 2.24 bits per heavy atom. The third kappa shape index (κ3) is 12.1. The summed E-state index contributed by atoms with van der Waals surface area (Å²) >= 11 is 6.14. The van der Waals surface area contributed by atoms with Gasteiger partial charge in [-0.15, -0.1) is 26.3 Å². The fraction of sp³-hybridized carbons (Fsp3) is 0.261. The van der Waals surface area contributed by atoms with E-state index < -0.39 is 12.7 Å². The van der Waals surface area contributed by atoms with Crippen molar-refractivity contribution in [1.29, 1.82) is 0 Å². The highest BCUT2D eigenvalue weighted by Gasteiger charge is 2.32. The van der Waals surface area contributed by atoms with Crippen molar-refractivity contribution < 1.29 is 40.6 Å². The van der Waals surface area contributed by atoms with Crippen LogP contribution in [0.25, 0.3) is 16.6 Å². The molecule has 7 aromatic rings. The fourth-order valence-corrected chi connectivity index (χ4v) is 7.59. The lowest BCUT2D eigenvalue weighted by Crippen LogP contribution is -2.32. The maximum Gasteiger partial charge on any atom is 0.573 e. The number of amides is 1. The van der Waals surface area contributed by atoms with Gasteiger partial charge in [-0.05, 0) is 109 Å². The van der Waals surface area contributed by atoms with Crippen molar-refractivity contribution in [2.75, 3.05) is 29.9 Å². The first kappa shape index (κ1) is 44.5. The Kier molecular flexibility index (Phi) is 13.9. The third-order valence-electron chi connectivity index (χ3n) is 10.4. The van der Waals surface area contributed by atoms with Gasteiger partial charge in [-0.2, -0.15) is 0 Å². The van der Waals surface area contributed by atoms with Gasteiger partial charge in [0.2, 0.25) is 0 Å². The number of piperidine rings is 1. The molecule has 0 unspecified atom stereocenters. The molecule has 2 N–H and O–H groups in total. The van der Waals surface area contributed by atoms with E-state index in [1.54, 1.807) is 40.9 Å². The molecule has 1 amide bonds. The number of nitrogens with zero attached hydrogens (tertiary/aromatic N) is 5. The molecule has 0 bridgehead atoms. The molecule has 0 saturated carbocycles. The zero-order valence-electron chi connectivity index (χ0n) is 33.9. The summed E-state index contributed by atoms with van der Waals surface area (Å²) in [6.07, 6.45) is -3.22. The van der Waals surface area contributed by atoms with Gasteiger partial charge in [-0.1, -0.05) is 67.1 Å². The second kappa shape index (κ2) is 19.7. The van der Waals surface area contributed by atoms with E-state index in [4.69, 9.17) is 11.6 Å². The first-order valence-corrected chi connectivity index (χ1v) is 20.5. The summed E-state index contributed by atoms with van der Waals surface area (Å²) in [6.45, 7) is 4.56. The molecule has 0 radical (unpaired) electrons. The molecule has 1 saturated heterocycles. The van der Waals surface area contributed by atoms with E-state index in [0.717, 1.165) is 64.9 Å². The molecule has 17 heteroatoms. The summed E-state index contributed by atoms with van der Waals surface area (Å²) in [6, 6.07) is 31.4. The number of carbonyl (C=O) groups is 1. The Morgan fingerprint density at radius 2 is 1.52 bits per heavy atom. The van der Waals surface area contributed by atoms with Crippen molar-refractivity contribution in [2.24, 2.45) is 0 Å². The topological polar surface area (TPSA) is 106 Å². The van der Waals surface area contributed by atoms with Gasteiger partial charge in [0, 0.05) is 43.4 Å². The second-order valence-corrected chi connectivity index (χ2v) is 15.1. The highest BCUT2D eigenvalue weighted by Crippen LogP contribution is 2.33. The van der Waals surface area contributed by atoms with Crippen molar-refractivity contribution in [1.82, 2.24) is 24.7 Å². The van der Waals surface area contributed by atoms with Crippen LogP contribution in [-0.4, -0.2) is 57.6 Å². The number of ether oxygens (including phenoxy) is 2. The number of nitrogens with one attached hydrogen (secondary N) is 2. The molecule has 63 heavy (non-hydrogen) atoms. The molecular weight excluding hydrogens is 848 g/mol. The summed E-state index contributed by atoms with van der Waals surface area (Å²) in [7, 11) is 0. The van der Waals surface area contributed by atoms with E-state index >= 15 is 0 Å². The lowest BCUT2D eigenvalue weighted by molar-refractivity contribution is -0.275. The molecular formula is C46H42ClF6N7O3. The summed E-state index contributed by atoms with van der Waals surface area (Å²) in [5.41, 5.74) is 6.57. The molecule has 328 valence electrons. The van der Waals surface area contributed by atoms with Gasteiger partial charge in [0.15, 0.2) is 0 Å². The van der Waals surface area contributed by atoms with E-state index in [9.17, 15) is 31.1 Å². The van der Waals surface area contributed by atoms with Crippen molar-refractivity contribution in [3.63, 3.8) is 0 Å². The number of hydrogen-bond donors (Lipinski definition) is 2. The van der Waals surface area contributed by atoms with Crippen molar-refractivity contribution >= 4 is 45.6 Å². The molecule has 0 spiro atoms. The van der Waals surface area contributed by atoms with Gasteiger partial charge in [-0.25, -0.2) is 15.0 Å². The average molecular weight is 890 g/mol. The van der Waals surface area contributed by atoms with Gasteiger partial charge >= 0.3 is 12.7 Å². The maximum atomic E-state index is 13.0. The van der Waals surface area contributed by atoms with Crippen LogP contribution < -0.4 is 25.0 Å². The van der Waals surface area contributed by atoms with Crippen LogP contribution in [0.5, 0.6) is 11.5 Å². The number of aromatic nitrogens is 4. The number of hydrogen-bond acceptors (Lipinski definition) is 8. The first-order valence-electron chi connectivity index (χ1n) is 20.1. The molecule has 1 aliphatic heterocycles. The molecule has 4 aromatic carbocycles. The molecule has 3 aromatic heterocycles. The highest BCUT2D eigenvalue weighted by molar-refractivity contribution is 6.30. The number of para-hydroxylation sites is 1. The second-order valence-electron chi connectivity index (χ2n) is 14.7. The molecule has 10 nitrogen and oxygen atoms in total. The van der Waals surface area contributed by atoms with Crippen LogP contribution in [-0.2, 0) is 19.4 Å². The minimum absolute atomic E-state index is 0.200. The van der Waals surface area contributed by atoms with Gasteiger partial charge in [0.05, 0.1) is 16.2 Å². The average Bonchev–Trinajstić information content (AvgIpc) is 3.63. The zero-order valence-corrected chi connectivity index (χ0v) is 34.6. The van der Waals surface area contributed by atoms with Gasteiger partial charge in [-0.3, -0.25) is 9.20 Å². The van der Waals surface area contributed by atoms with E-state index in [-0.39, 0.29) is 23.3 Å². The normalized spacial score (nSPS) is 13.4. The minimum atomic E-state index is -4.68. The van der Waals surface area contributed by atoms with Crippen LogP contribution in [0.1, 0.15) is 58.6 Å². The van der Waals surface area contributed by atoms with E-state index in [2.05, 4.69) is 52.1 Å². The van der Waals surface area contributed by atoms with Gasteiger partial charge in [0.25, 0.3) is 5.91 Å². The molecule has 0 atom stereocenters. The fourth-order valence-electron chi connectivity index (χ4n) is 7.43. The number of halogens is 7. The van der Waals surface area contributed by atoms with E-state index in [0.29, 0.717) is 48.1 Å². The molecule has 8 rings (SSSR count). The Balaban J connectivity index is 0.000000212. The predicted octanol–water partition coefficient (Wildman–Crippen LogP) is 10.9.